The fourth-order valence-corrected chi connectivity index (χ4v) is 2.46. The van der Waals surface area contributed by atoms with Crippen molar-refractivity contribution in [2.75, 3.05) is 13.6 Å². The van der Waals surface area contributed by atoms with Gasteiger partial charge in [0.05, 0.1) is 5.75 Å². The molecule has 0 radical (unpaired) electrons. The van der Waals surface area contributed by atoms with Gasteiger partial charge >= 0.3 is 0 Å². The normalized spacial score (nSPS) is 11.9. The molecule has 1 aromatic heterocycles. The smallest absolute Gasteiger partial charge is 0.138 e. The van der Waals surface area contributed by atoms with E-state index >= 15 is 0 Å². The molecule has 1 N–H and O–H groups in total. The first-order chi connectivity index (χ1) is 8.33. The maximum Gasteiger partial charge on any atom is 0.138 e. The van der Waals surface area contributed by atoms with E-state index in [1.165, 1.54) is 5.56 Å². The van der Waals surface area contributed by atoms with Crippen LogP contribution in [-0.2, 0) is 12.2 Å². The van der Waals surface area contributed by atoms with Crippen LogP contribution >= 0.6 is 11.8 Å². The van der Waals surface area contributed by atoms with Gasteiger partial charge in [-0.1, -0.05) is 20.8 Å². The number of rotatable bonds is 5. The van der Waals surface area contributed by atoms with Gasteiger partial charge in [0.1, 0.15) is 5.82 Å². The third-order valence-corrected chi connectivity index (χ3v) is 3.99. The molecule has 0 aliphatic carbocycles. The summed E-state index contributed by atoms with van der Waals surface area (Å²) in [6.07, 6.45) is 1.00. The number of thioether (sulfide) groups is 1. The summed E-state index contributed by atoms with van der Waals surface area (Å²) in [7, 11) is 1.97. The molecular formula is C14H25N3S. The third kappa shape index (κ3) is 4.94. The second kappa shape index (κ2) is 6.53. The van der Waals surface area contributed by atoms with Crippen molar-refractivity contribution >= 4 is 11.8 Å². The lowest BCUT2D eigenvalue weighted by Crippen LogP contribution is -2.14. The lowest BCUT2D eigenvalue weighted by molar-refractivity contribution is 0.767. The molecule has 0 fully saturated rings. The highest BCUT2D eigenvalue weighted by Gasteiger charge is 2.13. The second-order valence-electron chi connectivity index (χ2n) is 5.54. The highest BCUT2D eigenvalue weighted by molar-refractivity contribution is 7.99. The first kappa shape index (κ1) is 15.4. The number of likely N-dealkylation sites (N-methyl/N-ethyl adjacent to an activating group) is 1. The number of hydrogen-bond donors (Lipinski definition) is 1. The Kier molecular flexibility index (Phi) is 5.60. The van der Waals surface area contributed by atoms with Crippen LogP contribution in [0, 0.1) is 13.8 Å². The van der Waals surface area contributed by atoms with Crippen molar-refractivity contribution in [2.24, 2.45) is 0 Å². The molecule has 3 nitrogen and oxygen atoms in total. The molecule has 0 amide bonds. The number of nitrogens with one attached hydrogen (secondary N) is 1. The molecule has 0 saturated heterocycles. The number of aryl methyl sites for hydroxylation is 2. The summed E-state index contributed by atoms with van der Waals surface area (Å²) in [5, 5.41) is 3.17. The Morgan fingerprint density at radius 3 is 2.11 bits per heavy atom. The summed E-state index contributed by atoms with van der Waals surface area (Å²) in [6.45, 7) is 11.8. The molecular weight excluding hydrogens is 242 g/mol. The zero-order valence-corrected chi connectivity index (χ0v) is 13.2. The van der Waals surface area contributed by atoms with E-state index in [1.807, 2.05) is 18.8 Å². The molecule has 1 heterocycles. The van der Waals surface area contributed by atoms with Crippen LogP contribution in [0.25, 0.3) is 0 Å². The van der Waals surface area contributed by atoms with Gasteiger partial charge in [0.25, 0.3) is 0 Å². The lowest BCUT2D eigenvalue weighted by atomic mass is 10.1. The van der Waals surface area contributed by atoms with Crippen LogP contribution < -0.4 is 5.32 Å². The summed E-state index contributed by atoms with van der Waals surface area (Å²) >= 11 is 1.89. The van der Waals surface area contributed by atoms with Crippen molar-refractivity contribution in [1.82, 2.24) is 15.3 Å². The van der Waals surface area contributed by atoms with E-state index in [-0.39, 0.29) is 4.75 Å². The third-order valence-electron chi connectivity index (χ3n) is 2.73. The molecule has 0 spiro atoms. The van der Waals surface area contributed by atoms with Gasteiger partial charge in [-0.2, -0.15) is 0 Å². The first-order valence-corrected chi connectivity index (χ1v) is 7.43. The molecule has 0 unspecified atom stereocenters. The molecule has 0 aliphatic rings. The molecule has 1 aromatic rings. The maximum atomic E-state index is 4.63. The minimum Gasteiger partial charge on any atom is -0.319 e. The van der Waals surface area contributed by atoms with Crippen LogP contribution in [0.3, 0.4) is 0 Å². The first-order valence-electron chi connectivity index (χ1n) is 6.45. The predicted molar refractivity (Wildman–Crippen MR) is 80.2 cm³/mol. The quantitative estimate of drug-likeness (QED) is 0.890. The van der Waals surface area contributed by atoms with E-state index in [4.69, 9.17) is 0 Å². The molecule has 0 aromatic carbocycles. The van der Waals surface area contributed by atoms with Gasteiger partial charge in [-0.05, 0) is 39.4 Å². The van der Waals surface area contributed by atoms with E-state index in [9.17, 15) is 0 Å². The fourth-order valence-electron chi connectivity index (χ4n) is 1.77. The Labute approximate surface area is 115 Å². The highest BCUT2D eigenvalue weighted by Crippen LogP contribution is 2.26. The largest absolute Gasteiger partial charge is 0.319 e. The van der Waals surface area contributed by atoms with E-state index in [0.29, 0.717) is 0 Å². The van der Waals surface area contributed by atoms with E-state index in [1.54, 1.807) is 0 Å². The zero-order chi connectivity index (χ0) is 13.8. The topological polar surface area (TPSA) is 37.8 Å². The second-order valence-corrected chi connectivity index (χ2v) is 7.35. The molecule has 0 aliphatic heterocycles. The van der Waals surface area contributed by atoms with Crippen LogP contribution in [0.4, 0.5) is 0 Å². The van der Waals surface area contributed by atoms with Gasteiger partial charge in [-0.3, -0.25) is 0 Å². The van der Waals surface area contributed by atoms with Gasteiger partial charge in [0.15, 0.2) is 0 Å². The Morgan fingerprint density at radius 2 is 1.67 bits per heavy atom. The van der Waals surface area contributed by atoms with Crippen LogP contribution in [0.1, 0.15) is 43.5 Å². The summed E-state index contributed by atoms with van der Waals surface area (Å²) in [4.78, 5) is 9.26. The van der Waals surface area contributed by atoms with Crippen LogP contribution in [-0.4, -0.2) is 28.3 Å². The Morgan fingerprint density at radius 1 is 1.11 bits per heavy atom. The Balaban J connectivity index is 2.79. The monoisotopic (exact) mass is 267 g/mol. The van der Waals surface area contributed by atoms with Crippen molar-refractivity contribution in [3.63, 3.8) is 0 Å². The molecule has 0 atom stereocenters. The highest BCUT2D eigenvalue weighted by atomic mass is 32.2. The zero-order valence-electron chi connectivity index (χ0n) is 12.4. The van der Waals surface area contributed by atoms with Gasteiger partial charge in [0.2, 0.25) is 0 Å². The van der Waals surface area contributed by atoms with Gasteiger partial charge < -0.3 is 5.32 Å². The van der Waals surface area contributed by atoms with Crippen molar-refractivity contribution < 1.29 is 0 Å². The average molecular weight is 267 g/mol. The Hall–Kier alpha value is -0.610. The number of hydrogen-bond acceptors (Lipinski definition) is 4. The summed E-state index contributed by atoms with van der Waals surface area (Å²) in [6, 6.07) is 0. The van der Waals surface area contributed by atoms with Crippen LogP contribution in [0.5, 0.6) is 0 Å². The van der Waals surface area contributed by atoms with Crippen molar-refractivity contribution in [3.05, 3.63) is 22.8 Å². The summed E-state index contributed by atoms with van der Waals surface area (Å²) in [5.41, 5.74) is 3.54. The molecule has 18 heavy (non-hydrogen) atoms. The average Bonchev–Trinajstić information content (AvgIpc) is 2.24. The minimum absolute atomic E-state index is 0.260. The minimum atomic E-state index is 0.260. The Bertz CT molecular complexity index is 374. The van der Waals surface area contributed by atoms with Crippen LogP contribution in [0.15, 0.2) is 0 Å². The molecule has 0 bridgehead atoms. The molecule has 0 saturated carbocycles. The van der Waals surface area contributed by atoms with Crippen LogP contribution in [0.2, 0.25) is 0 Å². The van der Waals surface area contributed by atoms with Gasteiger partial charge in [-0.15, -0.1) is 11.8 Å². The SMILES string of the molecule is CNCCc1c(C)nc(CSC(C)(C)C)nc1C. The molecule has 102 valence electrons. The lowest BCUT2D eigenvalue weighted by Gasteiger charge is -2.17. The maximum absolute atomic E-state index is 4.63. The van der Waals surface area contributed by atoms with Crippen molar-refractivity contribution in [1.29, 1.82) is 0 Å². The van der Waals surface area contributed by atoms with E-state index in [0.717, 1.165) is 35.9 Å². The number of nitrogens with zero attached hydrogens (tertiary/aromatic N) is 2. The van der Waals surface area contributed by atoms with Crippen molar-refractivity contribution in [2.45, 2.75) is 51.5 Å². The standard InChI is InChI=1S/C14H25N3S/c1-10-12(7-8-15-6)11(2)17-13(16-10)9-18-14(3,4)5/h15H,7-9H2,1-6H3. The van der Waals surface area contributed by atoms with E-state index < -0.39 is 0 Å². The molecule has 1 rings (SSSR count). The van der Waals surface area contributed by atoms with Crippen molar-refractivity contribution in [3.8, 4) is 0 Å². The predicted octanol–water partition coefficient (Wildman–Crippen LogP) is 2.89. The van der Waals surface area contributed by atoms with E-state index in [2.05, 4.69) is 49.9 Å². The number of aromatic nitrogens is 2. The molecule has 4 heteroatoms. The summed E-state index contributed by atoms with van der Waals surface area (Å²) in [5.74, 6) is 1.84. The summed E-state index contributed by atoms with van der Waals surface area (Å²) < 4.78 is 0.260. The van der Waals surface area contributed by atoms with Gasteiger partial charge in [-0.25, -0.2) is 9.97 Å². The van der Waals surface area contributed by atoms with Gasteiger partial charge in [0, 0.05) is 16.1 Å². The fraction of sp³-hybridized carbons (Fsp3) is 0.714.